The Morgan fingerprint density at radius 3 is 2.47 bits per heavy atom. The van der Waals surface area contributed by atoms with Crippen molar-refractivity contribution in [1.29, 1.82) is 0 Å². The lowest BCUT2D eigenvalue weighted by Gasteiger charge is -2.29. The van der Waals surface area contributed by atoms with Crippen LogP contribution in [-0.2, 0) is 19.6 Å². The van der Waals surface area contributed by atoms with E-state index < -0.39 is 16.1 Å². The maximum atomic E-state index is 13.4. The van der Waals surface area contributed by atoms with Crippen LogP contribution in [0.4, 0.5) is 0 Å². The fourth-order valence-electron chi connectivity index (χ4n) is 4.02. The van der Waals surface area contributed by atoms with Crippen molar-refractivity contribution in [3.05, 3.63) is 18.2 Å². The quantitative estimate of drug-likeness (QED) is 0.547. The molecule has 34 heavy (non-hydrogen) atoms. The number of rotatable bonds is 8. The summed E-state index contributed by atoms with van der Waals surface area (Å²) in [4.78, 5) is 29.0. The predicted molar refractivity (Wildman–Crippen MR) is 127 cm³/mol. The molecular weight excluding hydrogens is 460 g/mol. The summed E-state index contributed by atoms with van der Waals surface area (Å²) in [5.74, 6) is 0.345. The number of nitrogens with zero attached hydrogens (tertiary/aromatic N) is 2. The van der Waals surface area contributed by atoms with Crippen molar-refractivity contribution >= 4 is 21.8 Å². The molecule has 0 spiro atoms. The van der Waals surface area contributed by atoms with Crippen molar-refractivity contribution in [1.82, 2.24) is 19.8 Å². The van der Waals surface area contributed by atoms with Gasteiger partial charge in [0.15, 0.2) is 11.5 Å². The average molecular weight is 497 g/mol. The minimum Gasteiger partial charge on any atom is -0.490 e. The molecule has 1 fully saturated rings. The van der Waals surface area contributed by atoms with Crippen molar-refractivity contribution in [3.8, 4) is 11.5 Å². The summed E-state index contributed by atoms with van der Waals surface area (Å²) in [6.45, 7) is 9.56. The molecule has 190 valence electrons. The number of benzene rings is 1. The topological polar surface area (TPSA) is 117 Å². The fourth-order valence-corrected chi connectivity index (χ4v) is 5.37. The van der Waals surface area contributed by atoms with Crippen molar-refractivity contribution in [2.24, 2.45) is 5.92 Å². The molecule has 1 atom stereocenters. The van der Waals surface area contributed by atoms with E-state index in [1.807, 2.05) is 25.7 Å². The van der Waals surface area contributed by atoms with E-state index in [-0.39, 0.29) is 22.6 Å². The van der Waals surface area contributed by atoms with Gasteiger partial charge in [-0.15, -0.1) is 0 Å². The summed E-state index contributed by atoms with van der Waals surface area (Å²) < 4.78 is 40.2. The molecule has 0 aliphatic carbocycles. The number of carbonyl (C=O) groups is 2. The Morgan fingerprint density at radius 1 is 1.03 bits per heavy atom. The summed E-state index contributed by atoms with van der Waals surface area (Å²) in [7, 11) is -3.97. The maximum absolute atomic E-state index is 13.4. The molecule has 1 saturated heterocycles. The van der Waals surface area contributed by atoms with Crippen LogP contribution in [0.2, 0.25) is 0 Å². The Morgan fingerprint density at radius 2 is 1.76 bits per heavy atom. The van der Waals surface area contributed by atoms with Crippen LogP contribution < -0.4 is 19.5 Å². The van der Waals surface area contributed by atoms with Crippen molar-refractivity contribution in [2.75, 3.05) is 52.5 Å². The van der Waals surface area contributed by atoms with Gasteiger partial charge in [0.05, 0.1) is 24.7 Å². The second-order valence-corrected chi connectivity index (χ2v) is 10.6. The molecule has 0 bridgehead atoms. The van der Waals surface area contributed by atoms with Gasteiger partial charge in [-0.05, 0) is 31.4 Å². The smallest absolute Gasteiger partial charge is 0.241 e. The van der Waals surface area contributed by atoms with Gasteiger partial charge in [0.25, 0.3) is 0 Å². The van der Waals surface area contributed by atoms with Gasteiger partial charge in [-0.3, -0.25) is 14.5 Å². The molecule has 2 aliphatic rings. The zero-order valence-corrected chi connectivity index (χ0v) is 21.0. The van der Waals surface area contributed by atoms with E-state index in [0.29, 0.717) is 70.4 Å². The summed E-state index contributed by atoms with van der Waals surface area (Å²) in [5, 5.41) is 2.79. The van der Waals surface area contributed by atoms with Crippen molar-refractivity contribution in [3.63, 3.8) is 0 Å². The first-order valence-corrected chi connectivity index (χ1v) is 13.4. The predicted octanol–water partition coefficient (Wildman–Crippen LogP) is 0.821. The van der Waals surface area contributed by atoms with Gasteiger partial charge in [-0.25, -0.2) is 8.42 Å². The molecular formula is C23H36N4O6S. The van der Waals surface area contributed by atoms with Gasteiger partial charge in [0.2, 0.25) is 21.8 Å². The minimum absolute atomic E-state index is 0.0270. The number of hydrogen-bond donors (Lipinski definition) is 2. The Bertz CT molecular complexity index is 968. The Labute approximate surface area is 202 Å². The highest BCUT2D eigenvalue weighted by atomic mass is 32.2. The number of nitrogens with one attached hydrogen (secondary N) is 2. The van der Waals surface area contributed by atoms with Crippen LogP contribution in [0.3, 0.4) is 0 Å². The molecule has 0 aromatic heterocycles. The number of carbonyl (C=O) groups excluding carboxylic acids is 2. The monoisotopic (exact) mass is 496 g/mol. The summed E-state index contributed by atoms with van der Waals surface area (Å²) >= 11 is 0. The van der Waals surface area contributed by atoms with Gasteiger partial charge in [0.1, 0.15) is 6.04 Å². The highest BCUT2D eigenvalue weighted by Gasteiger charge is 2.33. The zero-order chi connectivity index (χ0) is 24.7. The number of sulfonamides is 1. The third-order valence-corrected chi connectivity index (χ3v) is 7.32. The highest BCUT2D eigenvalue weighted by Crippen LogP contribution is 2.32. The maximum Gasteiger partial charge on any atom is 0.241 e. The minimum atomic E-state index is -3.97. The van der Waals surface area contributed by atoms with Crippen LogP contribution in [0.15, 0.2) is 23.1 Å². The molecule has 2 N–H and O–H groups in total. The lowest BCUT2D eigenvalue weighted by atomic mass is 10.0. The summed E-state index contributed by atoms with van der Waals surface area (Å²) in [5.41, 5.74) is 0. The molecule has 1 unspecified atom stereocenters. The number of ether oxygens (including phenoxy) is 2. The number of hydrogen-bond acceptors (Lipinski definition) is 7. The fraction of sp³-hybridized carbons (Fsp3) is 0.652. The summed E-state index contributed by atoms with van der Waals surface area (Å²) in [6.07, 6.45) is 1.43. The first-order chi connectivity index (χ1) is 16.2. The lowest BCUT2D eigenvalue weighted by Crippen LogP contribution is -2.52. The van der Waals surface area contributed by atoms with Gasteiger partial charge in [-0.1, -0.05) is 13.8 Å². The first kappa shape index (κ1) is 26.2. The van der Waals surface area contributed by atoms with Crippen LogP contribution >= 0.6 is 0 Å². The molecule has 2 aliphatic heterocycles. The van der Waals surface area contributed by atoms with Crippen LogP contribution in [0.1, 0.15) is 33.6 Å². The van der Waals surface area contributed by atoms with Gasteiger partial charge in [-0.2, -0.15) is 4.72 Å². The van der Waals surface area contributed by atoms with E-state index in [0.717, 1.165) is 6.42 Å². The Kier molecular flexibility index (Phi) is 9.15. The second-order valence-electron chi connectivity index (χ2n) is 8.91. The largest absolute Gasteiger partial charge is 0.490 e. The van der Waals surface area contributed by atoms with Crippen molar-refractivity contribution in [2.45, 2.75) is 44.6 Å². The lowest BCUT2D eigenvalue weighted by molar-refractivity contribution is -0.133. The standard InChI is InChI=1S/C23H36N4O6S/c1-4-24-21(28)16-26-9-5-10-27(12-11-26)23(29)22(17(2)3)25-34(30,31)18-7-8-19-20(15-18)33-14-6-13-32-19/h7-8,15,17,22,25H,4-6,9-14,16H2,1-3H3,(H,24,28). The van der Waals surface area contributed by atoms with E-state index in [1.54, 1.807) is 11.0 Å². The van der Waals surface area contributed by atoms with Crippen LogP contribution in [0.25, 0.3) is 0 Å². The normalized spacial score (nSPS) is 18.2. The molecule has 2 heterocycles. The van der Waals surface area contributed by atoms with E-state index in [4.69, 9.17) is 9.47 Å². The number of likely N-dealkylation sites (N-methyl/N-ethyl adjacent to an activating group) is 1. The Hall–Kier alpha value is -2.37. The first-order valence-electron chi connectivity index (χ1n) is 11.9. The summed E-state index contributed by atoms with van der Waals surface area (Å²) in [6, 6.07) is 3.58. The molecule has 1 aromatic carbocycles. The van der Waals surface area contributed by atoms with E-state index >= 15 is 0 Å². The molecule has 0 radical (unpaired) electrons. The van der Waals surface area contributed by atoms with E-state index in [1.165, 1.54) is 12.1 Å². The molecule has 10 nitrogen and oxygen atoms in total. The SMILES string of the molecule is CCNC(=O)CN1CCCN(C(=O)C(NS(=O)(=O)c2ccc3c(c2)OCCCO3)C(C)C)CC1. The molecule has 0 saturated carbocycles. The third-order valence-electron chi connectivity index (χ3n) is 5.89. The average Bonchev–Trinajstić information content (AvgIpc) is 3.17. The van der Waals surface area contributed by atoms with Crippen LogP contribution in [0.5, 0.6) is 11.5 Å². The highest BCUT2D eigenvalue weighted by molar-refractivity contribution is 7.89. The second kappa shape index (κ2) is 11.9. The Balaban J connectivity index is 1.69. The van der Waals surface area contributed by atoms with Gasteiger partial charge >= 0.3 is 0 Å². The molecule has 2 amide bonds. The van der Waals surface area contributed by atoms with Gasteiger partial charge < -0.3 is 19.7 Å². The number of fused-ring (bicyclic) bond motifs is 1. The van der Waals surface area contributed by atoms with E-state index in [2.05, 4.69) is 10.0 Å². The number of amides is 2. The van der Waals surface area contributed by atoms with Crippen molar-refractivity contribution < 1.29 is 27.5 Å². The molecule has 1 aromatic rings. The molecule has 3 rings (SSSR count). The zero-order valence-electron chi connectivity index (χ0n) is 20.2. The van der Waals surface area contributed by atoms with Crippen LogP contribution in [0, 0.1) is 5.92 Å². The van der Waals surface area contributed by atoms with Gasteiger partial charge in [0, 0.05) is 45.2 Å². The van der Waals surface area contributed by atoms with E-state index in [9.17, 15) is 18.0 Å². The van der Waals surface area contributed by atoms with Crippen LogP contribution in [-0.4, -0.2) is 88.6 Å². The molecule has 11 heteroatoms. The third kappa shape index (κ3) is 6.83.